The third kappa shape index (κ3) is 4.06. The van der Waals surface area contributed by atoms with Crippen molar-refractivity contribution in [3.05, 3.63) is 78.1 Å². The summed E-state index contributed by atoms with van der Waals surface area (Å²) >= 11 is 0. The van der Waals surface area contributed by atoms with Crippen molar-refractivity contribution >= 4 is 38.8 Å². The van der Waals surface area contributed by atoms with Gasteiger partial charge in [0, 0.05) is 23.4 Å². The second kappa shape index (κ2) is 8.43. The molecule has 1 heterocycles. The van der Waals surface area contributed by atoms with Crippen molar-refractivity contribution in [1.29, 1.82) is 0 Å². The molecular weight excluding hydrogens is 433 g/mol. The number of sulfonamides is 1. The number of hydrogen-bond donors (Lipinski definition) is 1. The molecule has 3 aromatic carbocycles. The van der Waals surface area contributed by atoms with E-state index in [9.17, 15) is 17.6 Å². The number of ether oxygens (including phenoxy) is 1. The molecule has 0 unspecified atom stereocenters. The minimum absolute atomic E-state index is 0.0495. The molecule has 1 N–H and O–H groups in total. The Morgan fingerprint density at radius 2 is 1.75 bits per heavy atom. The topological polar surface area (TPSA) is 88.1 Å². The van der Waals surface area contributed by atoms with Gasteiger partial charge < -0.3 is 10.1 Å². The van der Waals surface area contributed by atoms with E-state index in [1.807, 2.05) is 0 Å². The number of fused-ring (bicyclic) bond motifs is 1. The Bertz CT molecular complexity index is 1300. The lowest BCUT2D eigenvalue weighted by molar-refractivity contribution is 0.102. The zero-order valence-electron chi connectivity index (χ0n) is 17.4. The highest BCUT2D eigenvalue weighted by atomic mass is 32.2. The highest BCUT2D eigenvalue weighted by molar-refractivity contribution is 7.90. The van der Waals surface area contributed by atoms with E-state index in [2.05, 4.69) is 9.71 Å². The first-order valence-corrected chi connectivity index (χ1v) is 11.3. The lowest BCUT2D eigenvalue weighted by Crippen LogP contribution is -2.31. The molecule has 0 spiro atoms. The van der Waals surface area contributed by atoms with Crippen LogP contribution in [0.3, 0.4) is 0 Å². The van der Waals surface area contributed by atoms with Gasteiger partial charge >= 0.3 is 0 Å². The number of carbonyl (C=O) groups is 1. The maximum Gasteiger partial charge on any atom is 0.286 e. The van der Waals surface area contributed by atoms with E-state index in [0.29, 0.717) is 40.6 Å². The molecule has 164 valence electrons. The van der Waals surface area contributed by atoms with Gasteiger partial charge in [-0.1, -0.05) is 6.92 Å². The number of nitrogens with zero attached hydrogens (tertiary/aromatic N) is 2. The van der Waals surface area contributed by atoms with Crippen LogP contribution in [0.15, 0.2) is 76.0 Å². The molecule has 3 aromatic rings. The van der Waals surface area contributed by atoms with Gasteiger partial charge in [-0.05, 0) is 66.7 Å². The molecule has 0 aromatic heterocycles. The van der Waals surface area contributed by atoms with E-state index < -0.39 is 21.7 Å². The lowest BCUT2D eigenvalue weighted by atomic mass is 10.1. The number of rotatable bonds is 5. The second-order valence-electron chi connectivity index (χ2n) is 7.01. The predicted molar refractivity (Wildman–Crippen MR) is 121 cm³/mol. The van der Waals surface area contributed by atoms with Crippen molar-refractivity contribution in [2.24, 2.45) is 4.40 Å². The molecule has 9 heteroatoms. The Hall–Kier alpha value is -3.72. The third-order valence-electron chi connectivity index (χ3n) is 4.97. The average Bonchev–Trinajstić information content (AvgIpc) is 2.80. The van der Waals surface area contributed by atoms with E-state index in [1.165, 1.54) is 25.3 Å². The van der Waals surface area contributed by atoms with Crippen molar-refractivity contribution in [3.63, 3.8) is 0 Å². The number of nitrogens with one attached hydrogen (secondary N) is 1. The highest BCUT2D eigenvalue weighted by Gasteiger charge is 2.31. The van der Waals surface area contributed by atoms with Crippen molar-refractivity contribution in [3.8, 4) is 5.75 Å². The molecule has 0 fully saturated rings. The van der Waals surface area contributed by atoms with E-state index >= 15 is 0 Å². The summed E-state index contributed by atoms with van der Waals surface area (Å²) in [6.45, 7) is 1.79. The fourth-order valence-corrected chi connectivity index (χ4v) is 4.68. The van der Waals surface area contributed by atoms with Gasteiger partial charge in [0.2, 0.25) is 0 Å². The molecule has 4 rings (SSSR count). The maximum atomic E-state index is 13.4. The van der Waals surface area contributed by atoms with E-state index in [0.717, 1.165) is 0 Å². The number of hydrogen-bond acceptors (Lipinski definition) is 5. The number of amides is 1. The van der Waals surface area contributed by atoms with Crippen LogP contribution in [0, 0.1) is 5.82 Å². The number of methoxy groups -OCH3 is 1. The number of amidine groups is 1. The summed E-state index contributed by atoms with van der Waals surface area (Å²) < 4.78 is 48.2. The fraction of sp³-hybridized carbons (Fsp3) is 0.130. The number of carbonyl (C=O) groups excluding carboxylic acids is 1. The molecule has 1 amide bonds. The first-order chi connectivity index (χ1) is 15.3. The summed E-state index contributed by atoms with van der Waals surface area (Å²) in [6, 6.07) is 16.8. The van der Waals surface area contributed by atoms with Crippen LogP contribution >= 0.6 is 0 Å². The van der Waals surface area contributed by atoms with Gasteiger partial charge in [0.25, 0.3) is 15.9 Å². The molecule has 0 atom stereocenters. The van der Waals surface area contributed by atoms with E-state index in [4.69, 9.17) is 4.74 Å². The molecular formula is C23H20FN3O4S. The van der Waals surface area contributed by atoms with Gasteiger partial charge in [-0.3, -0.25) is 9.69 Å². The summed E-state index contributed by atoms with van der Waals surface area (Å²) in [7, 11) is -2.45. The Morgan fingerprint density at radius 1 is 1.06 bits per heavy atom. The van der Waals surface area contributed by atoms with Gasteiger partial charge in [0.15, 0.2) is 0 Å². The molecule has 32 heavy (non-hydrogen) atoms. The van der Waals surface area contributed by atoms with Crippen molar-refractivity contribution in [1.82, 2.24) is 0 Å². The fourth-order valence-electron chi connectivity index (χ4n) is 3.40. The maximum absolute atomic E-state index is 13.4. The SMILES string of the molecule is CCC1=NS(=O)(=O)c2cc(NC(=O)c3ccc(OC)cc3)ccc2N1c1ccc(F)cc1. The molecule has 0 radical (unpaired) electrons. The summed E-state index contributed by atoms with van der Waals surface area (Å²) in [4.78, 5) is 14.2. The smallest absolute Gasteiger partial charge is 0.286 e. The van der Waals surface area contributed by atoms with Crippen LogP contribution < -0.4 is 15.0 Å². The Labute approximate surface area is 185 Å². The largest absolute Gasteiger partial charge is 0.497 e. The van der Waals surface area contributed by atoms with Crippen LogP contribution in [0.5, 0.6) is 5.75 Å². The van der Waals surface area contributed by atoms with Crippen LogP contribution in [0.25, 0.3) is 0 Å². The highest BCUT2D eigenvalue weighted by Crippen LogP contribution is 2.39. The molecule has 0 saturated heterocycles. The third-order valence-corrected chi connectivity index (χ3v) is 6.31. The summed E-state index contributed by atoms with van der Waals surface area (Å²) in [5.74, 6) is 0.144. The van der Waals surface area contributed by atoms with Crippen LogP contribution in [0.1, 0.15) is 23.7 Å². The number of halogens is 1. The van der Waals surface area contributed by atoms with Crippen LogP contribution in [-0.4, -0.2) is 27.3 Å². The first-order valence-electron chi connectivity index (χ1n) is 9.81. The Balaban J connectivity index is 1.71. The Kier molecular flexibility index (Phi) is 5.67. The van der Waals surface area contributed by atoms with Gasteiger partial charge in [-0.25, -0.2) is 4.39 Å². The molecule has 0 saturated carbocycles. The van der Waals surface area contributed by atoms with Crippen LogP contribution in [-0.2, 0) is 10.0 Å². The van der Waals surface area contributed by atoms with Crippen molar-refractivity contribution < 1.29 is 22.3 Å². The summed E-state index contributed by atoms with van der Waals surface area (Å²) in [6.07, 6.45) is 0.353. The number of anilines is 3. The minimum atomic E-state index is -3.98. The summed E-state index contributed by atoms with van der Waals surface area (Å²) in [5, 5.41) is 2.71. The van der Waals surface area contributed by atoms with E-state index in [-0.39, 0.29) is 4.90 Å². The molecule has 1 aliphatic heterocycles. The second-order valence-corrected chi connectivity index (χ2v) is 8.59. The molecule has 1 aliphatic rings. The van der Waals surface area contributed by atoms with Crippen molar-refractivity contribution in [2.45, 2.75) is 18.2 Å². The molecule has 0 bridgehead atoms. The first kappa shape index (κ1) is 21.5. The summed E-state index contributed by atoms with van der Waals surface area (Å²) in [5.41, 5.74) is 1.66. The van der Waals surface area contributed by atoms with Gasteiger partial charge in [-0.15, -0.1) is 4.40 Å². The van der Waals surface area contributed by atoms with Gasteiger partial charge in [-0.2, -0.15) is 8.42 Å². The Morgan fingerprint density at radius 3 is 2.38 bits per heavy atom. The van der Waals surface area contributed by atoms with Crippen molar-refractivity contribution in [2.75, 3.05) is 17.3 Å². The average molecular weight is 453 g/mol. The van der Waals surface area contributed by atoms with Crippen LogP contribution in [0.4, 0.5) is 21.5 Å². The van der Waals surface area contributed by atoms with E-state index in [1.54, 1.807) is 60.4 Å². The quantitative estimate of drug-likeness (QED) is 0.603. The minimum Gasteiger partial charge on any atom is -0.497 e. The standard InChI is InChI=1S/C23H20FN3O4S/c1-3-22-26-32(29,30)21-14-17(25-23(28)15-4-11-19(31-2)12-5-15)8-13-20(21)27(22)18-9-6-16(24)7-10-18/h4-14H,3H2,1-2H3,(H,25,28). The zero-order chi connectivity index (χ0) is 22.9. The number of benzene rings is 3. The van der Waals surface area contributed by atoms with Crippen LogP contribution in [0.2, 0.25) is 0 Å². The van der Waals surface area contributed by atoms with Gasteiger partial charge in [0.05, 0.1) is 12.8 Å². The monoisotopic (exact) mass is 453 g/mol. The zero-order valence-corrected chi connectivity index (χ0v) is 18.2. The molecule has 7 nitrogen and oxygen atoms in total. The van der Waals surface area contributed by atoms with Gasteiger partial charge in [0.1, 0.15) is 22.3 Å². The lowest BCUT2D eigenvalue weighted by Gasteiger charge is -2.31. The predicted octanol–water partition coefficient (Wildman–Crippen LogP) is 4.74. The molecule has 0 aliphatic carbocycles. The normalized spacial score (nSPS) is 14.3.